The van der Waals surface area contributed by atoms with Crippen molar-refractivity contribution in [1.82, 2.24) is 5.43 Å². The van der Waals surface area contributed by atoms with Crippen molar-refractivity contribution in [2.75, 3.05) is 20.3 Å². The molecule has 0 heterocycles. The fraction of sp³-hybridized carbons (Fsp3) is 0.200. The van der Waals surface area contributed by atoms with E-state index in [1.807, 2.05) is 0 Å². The number of carbonyl (C=O) groups is 2. The Hall–Kier alpha value is -3.93. The Morgan fingerprint density at radius 1 is 1.24 bits per heavy atom. The number of nitriles is 1. The highest BCUT2D eigenvalue weighted by atomic mass is 19.1. The molecule has 0 aliphatic carbocycles. The van der Waals surface area contributed by atoms with Crippen molar-refractivity contribution in [3.8, 4) is 17.6 Å². The monoisotopic (exact) mass is 399 g/mol. The lowest BCUT2D eigenvalue weighted by Gasteiger charge is -2.10. The molecule has 1 amide bonds. The minimum absolute atomic E-state index is 0.111. The first-order chi connectivity index (χ1) is 14.0. The molecule has 0 aliphatic rings. The number of ether oxygens (including phenoxy) is 3. The Balaban J connectivity index is 2.02. The molecule has 0 saturated carbocycles. The van der Waals surface area contributed by atoms with Crippen LogP contribution in [0.25, 0.3) is 0 Å². The molecule has 150 valence electrons. The van der Waals surface area contributed by atoms with Gasteiger partial charge in [0, 0.05) is 0 Å². The smallest absolute Gasteiger partial charge is 0.344 e. The first kappa shape index (κ1) is 21.4. The summed E-state index contributed by atoms with van der Waals surface area (Å²) in [5.74, 6) is -1.40. The van der Waals surface area contributed by atoms with Gasteiger partial charge in [0.05, 0.1) is 37.1 Å². The van der Waals surface area contributed by atoms with Crippen LogP contribution in [-0.4, -0.2) is 38.4 Å². The van der Waals surface area contributed by atoms with E-state index >= 15 is 0 Å². The van der Waals surface area contributed by atoms with Gasteiger partial charge in [0.25, 0.3) is 5.91 Å². The van der Waals surface area contributed by atoms with E-state index in [4.69, 9.17) is 19.5 Å². The van der Waals surface area contributed by atoms with Crippen LogP contribution in [-0.2, 0) is 9.53 Å². The minimum Gasteiger partial charge on any atom is -0.493 e. The molecular weight excluding hydrogens is 381 g/mol. The molecule has 0 bridgehead atoms. The number of nitrogens with zero attached hydrogens (tertiary/aromatic N) is 2. The van der Waals surface area contributed by atoms with Crippen LogP contribution in [0, 0.1) is 17.1 Å². The number of methoxy groups -OCH3 is 1. The number of benzene rings is 2. The molecule has 0 aromatic heterocycles. The molecule has 0 unspecified atom stereocenters. The molecule has 2 rings (SSSR count). The van der Waals surface area contributed by atoms with E-state index in [2.05, 4.69) is 10.5 Å². The second-order valence-corrected chi connectivity index (χ2v) is 5.51. The molecule has 8 nitrogen and oxygen atoms in total. The molecule has 9 heteroatoms. The molecule has 0 saturated heterocycles. The maximum atomic E-state index is 13.8. The van der Waals surface area contributed by atoms with Crippen molar-refractivity contribution in [3.05, 3.63) is 58.9 Å². The lowest BCUT2D eigenvalue weighted by Crippen LogP contribution is -2.19. The van der Waals surface area contributed by atoms with Crippen LogP contribution in [0.4, 0.5) is 4.39 Å². The molecule has 0 fully saturated rings. The number of hydrogen-bond acceptors (Lipinski definition) is 7. The maximum absolute atomic E-state index is 13.8. The van der Waals surface area contributed by atoms with Crippen molar-refractivity contribution >= 4 is 18.1 Å². The number of amides is 1. The summed E-state index contributed by atoms with van der Waals surface area (Å²) >= 11 is 0. The molecule has 0 spiro atoms. The van der Waals surface area contributed by atoms with Gasteiger partial charge in [-0.1, -0.05) is 0 Å². The number of rotatable bonds is 8. The first-order valence-electron chi connectivity index (χ1n) is 8.48. The summed E-state index contributed by atoms with van der Waals surface area (Å²) in [6.07, 6.45) is 1.33. The summed E-state index contributed by atoms with van der Waals surface area (Å²) < 4.78 is 29.2. The highest BCUT2D eigenvalue weighted by molar-refractivity contribution is 5.95. The quantitative estimate of drug-likeness (QED) is 0.415. The first-order valence-corrected chi connectivity index (χ1v) is 8.48. The van der Waals surface area contributed by atoms with Crippen molar-refractivity contribution in [1.29, 1.82) is 5.26 Å². The molecule has 29 heavy (non-hydrogen) atoms. The molecule has 0 radical (unpaired) electrons. The van der Waals surface area contributed by atoms with E-state index in [0.29, 0.717) is 17.1 Å². The lowest BCUT2D eigenvalue weighted by atomic mass is 10.1. The Morgan fingerprint density at radius 3 is 2.69 bits per heavy atom. The predicted molar refractivity (Wildman–Crippen MR) is 101 cm³/mol. The Morgan fingerprint density at radius 2 is 2.03 bits per heavy atom. The fourth-order valence-electron chi connectivity index (χ4n) is 2.22. The van der Waals surface area contributed by atoms with E-state index in [0.717, 1.165) is 6.07 Å². The Labute approximate surface area is 166 Å². The third-order valence-corrected chi connectivity index (χ3v) is 3.56. The Bertz CT molecular complexity index is 969. The molecule has 0 atom stereocenters. The standard InChI is InChI=1S/C20H18FN3O5/c1-3-28-19(25)12-29-17-7-5-14(9-18(17)27-2)11-23-24-20(26)15-6-4-13(10-22)8-16(15)21/h4-9,11H,3,12H2,1-2H3,(H,24,26)/b23-11+. The maximum Gasteiger partial charge on any atom is 0.344 e. The number of esters is 1. The summed E-state index contributed by atoms with van der Waals surface area (Å²) in [4.78, 5) is 23.4. The predicted octanol–water partition coefficient (Wildman–Crippen LogP) is 2.41. The zero-order valence-electron chi connectivity index (χ0n) is 15.8. The second-order valence-electron chi connectivity index (χ2n) is 5.51. The van der Waals surface area contributed by atoms with Crippen LogP contribution in [0.3, 0.4) is 0 Å². The minimum atomic E-state index is -0.818. The van der Waals surface area contributed by atoms with Crippen LogP contribution in [0.2, 0.25) is 0 Å². The third-order valence-electron chi connectivity index (χ3n) is 3.56. The van der Waals surface area contributed by atoms with Crippen LogP contribution < -0.4 is 14.9 Å². The number of nitrogens with one attached hydrogen (secondary N) is 1. The van der Waals surface area contributed by atoms with E-state index < -0.39 is 17.7 Å². The van der Waals surface area contributed by atoms with Gasteiger partial charge in [0.1, 0.15) is 5.82 Å². The number of carbonyl (C=O) groups excluding carboxylic acids is 2. The SMILES string of the molecule is CCOC(=O)COc1ccc(/C=N/NC(=O)c2ccc(C#N)cc2F)cc1OC. The molecule has 0 aliphatic heterocycles. The van der Waals surface area contributed by atoms with Gasteiger partial charge >= 0.3 is 5.97 Å². The van der Waals surface area contributed by atoms with E-state index in [-0.39, 0.29) is 24.3 Å². The lowest BCUT2D eigenvalue weighted by molar-refractivity contribution is -0.145. The molecule has 2 aromatic carbocycles. The summed E-state index contributed by atoms with van der Waals surface area (Å²) in [5.41, 5.74) is 2.64. The van der Waals surface area contributed by atoms with Gasteiger partial charge in [0.2, 0.25) is 0 Å². The van der Waals surface area contributed by atoms with Gasteiger partial charge in [-0.15, -0.1) is 0 Å². The summed E-state index contributed by atoms with van der Waals surface area (Å²) in [7, 11) is 1.43. The number of hydrogen-bond donors (Lipinski definition) is 1. The van der Waals surface area contributed by atoms with Gasteiger partial charge in [0.15, 0.2) is 18.1 Å². The van der Waals surface area contributed by atoms with Gasteiger partial charge in [-0.2, -0.15) is 10.4 Å². The average molecular weight is 399 g/mol. The topological polar surface area (TPSA) is 110 Å². The van der Waals surface area contributed by atoms with Gasteiger partial charge < -0.3 is 14.2 Å². The highest BCUT2D eigenvalue weighted by Crippen LogP contribution is 2.27. The van der Waals surface area contributed by atoms with Crippen molar-refractivity contribution in [2.45, 2.75) is 6.92 Å². The van der Waals surface area contributed by atoms with Gasteiger partial charge in [-0.3, -0.25) is 4.79 Å². The number of hydrazone groups is 1. The van der Waals surface area contributed by atoms with E-state index in [1.54, 1.807) is 31.2 Å². The van der Waals surface area contributed by atoms with E-state index in [1.165, 1.54) is 25.5 Å². The van der Waals surface area contributed by atoms with Crippen molar-refractivity contribution < 1.29 is 28.2 Å². The summed E-state index contributed by atoms with van der Waals surface area (Å²) in [5, 5.41) is 12.5. The molecule has 2 aromatic rings. The van der Waals surface area contributed by atoms with Crippen molar-refractivity contribution in [3.63, 3.8) is 0 Å². The van der Waals surface area contributed by atoms with Crippen molar-refractivity contribution in [2.24, 2.45) is 5.10 Å². The van der Waals surface area contributed by atoms with Crippen LogP contribution in [0.5, 0.6) is 11.5 Å². The largest absolute Gasteiger partial charge is 0.493 e. The fourth-order valence-corrected chi connectivity index (χ4v) is 2.22. The zero-order chi connectivity index (χ0) is 21.2. The third kappa shape index (κ3) is 6.04. The Kier molecular flexibility index (Phi) is 7.68. The summed E-state index contributed by atoms with van der Waals surface area (Å²) in [6, 6.07) is 10.1. The second kappa shape index (κ2) is 10.4. The van der Waals surface area contributed by atoms with E-state index in [9.17, 15) is 14.0 Å². The number of halogens is 1. The van der Waals surface area contributed by atoms with Gasteiger partial charge in [-0.25, -0.2) is 14.6 Å². The van der Waals surface area contributed by atoms with Gasteiger partial charge in [-0.05, 0) is 48.9 Å². The van der Waals surface area contributed by atoms with Crippen LogP contribution in [0.1, 0.15) is 28.4 Å². The molecule has 1 N–H and O–H groups in total. The molecular formula is C20H18FN3O5. The van der Waals surface area contributed by atoms with Crippen LogP contribution in [0.15, 0.2) is 41.5 Å². The summed E-state index contributed by atoms with van der Waals surface area (Å²) in [6.45, 7) is 1.69. The normalized spacial score (nSPS) is 10.3. The van der Waals surface area contributed by atoms with Crippen LogP contribution >= 0.6 is 0 Å². The average Bonchev–Trinajstić information content (AvgIpc) is 2.72. The highest BCUT2D eigenvalue weighted by Gasteiger charge is 2.12. The zero-order valence-corrected chi connectivity index (χ0v) is 15.8.